The van der Waals surface area contributed by atoms with Crippen molar-refractivity contribution in [1.29, 1.82) is 0 Å². The van der Waals surface area contributed by atoms with Gasteiger partial charge in [-0.15, -0.1) is 0 Å². The highest BCUT2D eigenvalue weighted by Gasteiger charge is 2.16. The first kappa shape index (κ1) is 11.9. The van der Waals surface area contributed by atoms with Gasteiger partial charge >= 0.3 is 0 Å². The van der Waals surface area contributed by atoms with Gasteiger partial charge in [-0.2, -0.15) is 5.10 Å². The summed E-state index contributed by atoms with van der Waals surface area (Å²) in [6.45, 7) is 3.75. The highest BCUT2D eigenvalue weighted by molar-refractivity contribution is 9.10. The van der Waals surface area contributed by atoms with Gasteiger partial charge in [0.15, 0.2) is 0 Å². The summed E-state index contributed by atoms with van der Waals surface area (Å²) in [6.07, 6.45) is 3.13. The van der Waals surface area contributed by atoms with E-state index in [2.05, 4.69) is 26.3 Å². The minimum Gasteiger partial charge on any atom is -0.506 e. The van der Waals surface area contributed by atoms with E-state index < -0.39 is 0 Å². The van der Waals surface area contributed by atoms with E-state index in [9.17, 15) is 9.90 Å². The fraction of sp³-hybridized carbons (Fsp3) is 0.273. The Balaban J connectivity index is 2.53. The molecule has 0 radical (unpaired) electrons. The molecule has 0 aliphatic heterocycles. The first-order valence-electron chi connectivity index (χ1n) is 5.15. The normalized spacial score (nSPS) is 11.1. The fourth-order valence-corrected chi connectivity index (χ4v) is 1.99. The summed E-state index contributed by atoms with van der Waals surface area (Å²) in [7, 11) is 0. The number of rotatable bonds is 2. The van der Waals surface area contributed by atoms with Crippen LogP contribution in [-0.2, 0) is 0 Å². The molecule has 0 spiro atoms. The van der Waals surface area contributed by atoms with Crippen molar-refractivity contribution in [2.24, 2.45) is 0 Å². The maximum absolute atomic E-state index is 11.9. The highest BCUT2D eigenvalue weighted by Crippen LogP contribution is 2.25. The lowest BCUT2D eigenvalue weighted by atomic mass is 10.2. The highest BCUT2D eigenvalue weighted by atomic mass is 79.9. The van der Waals surface area contributed by atoms with Crippen molar-refractivity contribution < 1.29 is 9.90 Å². The Labute approximate surface area is 107 Å². The maximum atomic E-state index is 11.9. The van der Waals surface area contributed by atoms with Crippen LogP contribution in [0.2, 0.25) is 0 Å². The lowest BCUT2D eigenvalue weighted by molar-refractivity contribution is 0.0944. The van der Waals surface area contributed by atoms with Gasteiger partial charge in [-0.1, -0.05) is 0 Å². The molecule has 0 atom stereocenters. The van der Waals surface area contributed by atoms with Crippen LogP contribution in [0.1, 0.15) is 24.2 Å². The molecule has 0 aromatic carbocycles. The van der Waals surface area contributed by atoms with Gasteiger partial charge in [0.25, 0.3) is 5.91 Å². The molecule has 2 N–H and O–H groups in total. The lowest BCUT2D eigenvalue weighted by Gasteiger charge is -2.07. The third-order valence-electron chi connectivity index (χ3n) is 2.22. The maximum Gasteiger partial charge on any atom is 0.255 e. The summed E-state index contributed by atoms with van der Waals surface area (Å²) in [5.74, 6) is -0.224. The topological polar surface area (TPSA) is 66.6 Å². The second-order valence-electron chi connectivity index (χ2n) is 4.02. The van der Waals surface area contributed by atoms with Crippen molar-refractivity contribution in [3.05, 3.63) is 28.5 Å². The Morgan fingerprint density at radius 3 is 2.94 bits per heavy atom. The number of halogens is 1. The molecule has 0 aliphatic rings. The van der Waals surface area contributed by atoms with Crippen molar-refractivity contribution >= 4 is 27.4 Å². The second-order valence-corrected chi connectivity index (χ2v) is 4.94. The van der Waals surface area contributed by atoms with Crippen LogP contribution in [0.4, 0.5) is 0 Å². The molecule has 17 heavy (non-hydrogen) atoms. The van der Waals surface area contributed by atoms with Crippen molar-refractivity contribution in [1.82, 2.24) is 14.9 Å². The van der Waals surface area contributed by atoms with Gasteiger partial charge in [0.05, 0.1) is 11.8 Å². The molecule has 0 saturated carbocycles. The minimum absolute atomic E-state index is 0.0192. The zero-order chi connectivity index (χ0) is 12.6. The molecule has 2 rings (SSSR count). The molecule has 2 aromatic heterocycles. The van der Waals surface area contributed by atoms with Gasteiger partial charge < -0.3 is 10.4 Å². The van der Waals surface area contributed by atoms with Crippen molar-refractivity contribution in [3.8, 4) is 5.75 Å². The van der Waals surface area contributed by atoms with Crippen LogP contribution >= 0.6 is 15.9 Å². The summed E-state index contributed by atoms with van der Waals surface area (Å²) < 4.78 is 2.16. The van der Waals surface area contributed by atoms with Crippen molar-refractivity contribution in [2.75, 3.05) is 0 Å². The van der Waals surface area contributed by atoms with Gasteiger partial charge in [0, 0.05) is 16.7 Å². The average Bonchev–Trinajstić information content (AvgIpc) is 2.59. The van der Waals surface area contributed by atoms with Crippen LogP contribution in [0, 0.1) is 0 Å². The molecular formula is C11H12BrN3O2. The number of carbonyl (C=O) groups is 1. The summed E-state index contributed by atoms with van der Waals surface area (Å²) in [5, 5.41) is 16.6. The fourth-order valence-electron chi connectivity index (χ4n) is 1.57. The van der Waals surface area contributed by atoms with E-state index in [4.69, 9.17) is 0 Å². The number of pyridine rings is 1. The zero-order valence-electron chi connectivity index (χ0n) is 9.44. The molecule has 90 valence electrons. The molecule has 2 aromatic rings. The van der Waals surface area contributed by atoms with Crippen molar-refractivity contribution in [2.45, 2.75) is 19.9 Å². The van der Waals surface area contributed by atoms with Crippen LogP contribution in [0.15, 0.2) is 22.9 Å². The third kappa shape index (κ3) is 2.26. The third-order valence-corrected chi connectivity index (χ3v) is 2.66. The summed E-state index contributed by atoms with van der Waals surface area (Å²) in [6, 6.07) is 1.57. The Kier molecular flexibility index (Phi) is 3.06. The van der Waals surface area contributed by atoms with E-state index in [0.717, 1.165) is 0 Å². The first-order chi connectivity index (χ1) is 7.99. The first-order valence-corrected chi connectivity index (χ1v) is 5.95. The largest absolute Gasteiger partial charge is 0.506 e. The number of aromatic nitrogens is 2. The van der Waals surface area contributed by atoms with Gasteiger partial charge in [0.2, 0.25) is 0 Å². The molecular weight excluding hydrogens is 286 g/mol. The molecule has 0 aliphatic carbocycles. The number of amides is 1. The molecule has 0 fully saturated rings. The van der Waals surface area contributed by atoms with Gasteiger partial charge in [-0.05, 0) is 35.8 Å². The number of nitrogens with one attached hydrogen (secondary N) is 1. The molecule has 2 heterocycles. The van der Waals surface area contributed by atoms with Crippen LogP contribution in [0.5, 0.6) is 5.75 Å². The van der Waals surface area contributed by atoms with E-state index in [1.165, 1.54) is 16.8 Å². The van der Waals surface area contributed by atoms with E-state index >= 15 is 0 Å². The van der Waals surface area contributed by atoms with Gasteiger partial charge in [-0.3, -0.25) is 4.79 Å². The number of nitrogens with zero attached hydrogens (tertiary/aromatic N) is 2. The van der Waals surface area contributed by atoms with Crippen LogP contribution in [0.25, 0.3) is 5.52 Å². The Bertz CT molecular complexity index is 577. The summed E-state index contributed by atoms with van der Waals surface area (Å²) >= 11 is 3.25. The predicted molar refractivity (Wildman–Crippen MR) is 67.2 cm³/mol. The average molecular weight is 298 g/mol. The van der Waals surface area contributed by atoms with E-state index in [0.29, 0.717) is 15.6 Å². The van der Waals surface area contributed by atoms with Gasteiger partial charge in [0.1, 0.15) is 11.3 Å². The second kappa shape index (κ2) is 4.37. The number of fused-ring (bicyclic) bond motifs is 1. The van der Waals surface area contributed by atoms with Crippen LogP contribution in [0.3, 0.4) is 0 Å². The lowest BCUT2D eigenvalue weighted by Crippen LogP contribution is -2.29. The molecule has 0 saturated heterocycles. The zero-order valence-corrected chi connectivity index (χ0v) is 11.0. The van der Waals surface area contributed by atoms with Gasteiger partial charge in [-0.25, -0.2) is 4.52 Å². The Morgan fingerprint density at radius 1 is 1.59 bits per heavy atom. The smallest absolute Gasteiger partial charge is 0.255 e. The molecule has 1 amide bonds. The molecule has 6 heteroatoms. The SMILES string of the molecule is CC(C)NC(=O)c1cnn2cc(Br)cc(O)c12. The predicted octanol–water partition coefficient (Wildman–Crippen LogP) is 1.94. The molecule has 0 bridgehead atoms. The quantitative estimate of drug-likeness (QED) is 0.890. The number of carbonyl (C=O) groups excluding carboxylic acids is 1. The summed E-state index contributed by atoms with van der Waals surface area (Å²) in [4.78, 5) is 11.9. The Morgan fingerprint density at radius 2 is 2.29 bits per heavy atom. The molecule has 0 unspecified atom stereocenters. The van der Waals surface area contributed by atoms with E-state index in [-0.39, 0.29) is 17.7 Å². The van der Waals surface area contributed by atoms with Crippen molar-refractivity contribution in [3.63, 3.8) is 0 Å². The number of hydrogen-bond donors (Lipinski definition) is 2. The van der Waals surface area contributed by atoms with Crippen LogP contribution in [-0.4, -0.2) is 26.7 Å². The minimum atomic E-state index is -0.243. The Hall–Kier alpha value is -1.56. The van der Waals surface area contributed by atoms with Crippen LogP contribution < -0.4 is 5.32 Å². The summed E-state index contributed by atoms with van der Waals surface area (Å²) in [5.41, 5.74) is 0.773. The monoisotopic (exact) mass is 297 g/mol. The van der Waals surface area contributed by atoms with E-state index in [1.54, 1.807) is 6.20 Å². The molecule has 5 nitrogen and oxygen atoms in total. The number of aromatic hydroxyl groups is 1. The number of hydrogen-bond acceptors (Lipinski definition) is 3. The van der Waals surface area contributed by atoms with E-state index in [1.807, 2.05) is 13.8 Å². The standard InChI is InChI=1S/C11H12BrN3O2/c1-6(2)14-11(17)8-4-13-15-5-7(12)3-9(16)10(8)15/h3-6,16H,1-2H3,(H,14,17).